The van der Waals surface area contributed by atoms with E-state index in [4.69, 9.17) is 14.2 Å². The fraction of sp³-hybridized carbons (Fsp3) is 0.733. The van der Waals surface area contributed by atoms with Gasteiger partial charge < -0.3 is 24.4 Å². The summed E-state index contributed by atoms with van der Waals surface area (Å²) < 4.78 is 17.2. The van der Waals surface area contributed by atoms with Gasteiger partial charge in [-0.05, 0) is 36.8 Å². The predicted octanol–water partition coefficient (Wildman–Crippen LogP) is 1.32. The van der Waals surface area contributed by atoms with Gasteiger partial charge in [0.25, 0.3) is 0 Å². The number of fused-ring (bicyclic) bond motifs is 1. The van der Waals surface area contributed by atoms with Crippen LogP contribution in [0.15, 0.2) is 23.5 Å². The van der Waals surface area contributed by atoms with Crippen molar-refractivity contribution in [2.75, 3.05) is 19.8 Å². The zero-order valence-electron chi connectivity index (χ0n) is 11.5. The third-order valence-electron chi connectivity index (χ3n) is 4.41. The Kier molecular flexibility index (Phi) is 4.41. The van der Waals surface area contributed by atoms with Gasteiger partial charge in [-0.25, -0.2) is 0 Å². The van der Waals surface area contributed by atoms with Crippen molar-refractivity contribution in [3.63, 3.8) is 0 Å². The summed E-state index contributed by atoms with van der Waals surface area (Å²) in [6, 6.07) is 0. The molecule has 0 radical (unpaired) electrons. The van der Waals surface area contributed by atoms with E-state index < -0.39 is 6.29 Å². The number of aliphatic hydroxyl groups excluding tert-OH is 2. The lowest BCUT2D eigenvalue weighted by molar-refractivity contribution is -0.260. The van der Waals surface area contributed by atoms with Gasteiger partial charge in [-0.2, -0.15) is 0 Å². The van der Waals surface area contributed by atoms with Crippen LogP contribution in [0.3, 0.4) is 0 Å². The Labute approximate surface area is 118 Å². The minimum Gasteiger partial charge on any atom is -0.472 e. The molecular formula is C15H22O5. The Bertz CT molecular complexity index is 397. The molecule has 1 saturated heterocycles. The number of hydrogen-bond donors (Lipinski definition) is 2. The van der Waals surface area contributed by atoms with Crippen molar-refractivity contribution in [2.45, 2.75) is 38.3 Å². The average molecular weight is 282 g/mol. The molecule has 0 aromatic rings. The van der Waals surface area contributed by atoms with Gasteiger partial charge >= 0.3 is 0 Å². The third-order valence-corrected chi connectivity index (χ3v) is 4.41. The number of aliphatic hydroxyl groups is 2. The first kappa shape index (κ1) is 14.1. The van der Waals surface area contributed by atoms with Crippen LogP contribution in [-0.2, 0) is 14.2 Å². The molecule has 1 aliphatic carbocycles. The van der Waals surface area contributed by atoms with Crippen LogP contribution in [-0.4, -0.2) is 42.6 Å². The zero-order chi connectivity index (χ0) is 13.9. The minimum absolute atomic E-state index is 0.00855. The lowest BCUT2D eigenvalue weighted by Crippen LogP contribution is -2.40. The molecule has 3 unspecified atom stereocenters. The van der Waals surface area contributed by atoms with Gasteiger partial charge in [0.1, 0.15) is 0 Å². The molecule has 2 N–H and O–H groups in total. The number of ether oxygens (including phenoxy) is 3. The minimum atomic E-state index is -0.431. The summed E-state index contributed by atoms with van der Waals surface area (Å²) in [5.41, 5.74) is 1.81. The summed E-state index contributed by atoms with van der Waals surface area (Å²) in [5, 5.41) is 18.9. The van der Waals surface area contributed by atoms with E-state index >= 15 is 0 Å². The van der Waals surface area contributed by atoms with E-state index in [-0.39, 0.29) is 31.3 Å². The van der Waals surface area contributed by atoms with Crippen molar-refractivity contribution in [1.82, 2.24) is 0 Å². The molecule has 20 heavy (non-hydrogen) atoms. The average Bonchev–Trinajstić information content (AvgIpc) is 2.93. The SMILES string of the molecule is OCC1=COC(OC2CCCCO2)[C@@H]2C(CO)=CCC12. The maximum atomic E-state index is 9.49. The molecule has 0 saturated carbocycles. The van der Waals surface area contributed by atoms with E-state index in [1.54, 1.807) is 6.26 Å². The summed E-state index contributed by atoms with van der Waals surface area (Å²) in [5.74, 6) is 0.155. The van der Waals surface area contributed by atoms with Crippen molar-refractivity contribution < 1.29 is 24.4 Å². The van der Waals surface area contributed by atoms with Crippen LogP contribution in [0.2, 0.25) is 0 Å². The Hall–Kier alpha value is -0.880. The maximum Gasteiger partial charge on any atom is 0.208 e. The second kappa shape index (κ2) is 6.26. The van der Waals surface area contributed by atoms with Gasteiger partial charge in [-0.15, -0.1) is 0 Å². The van der Waals surface area contributed by atoms with E-state index in [9.17, 15) is 10.2 Å². The molecule has 5 heteroatoms. The van der Waals surface area contributed by atoms with Gasteiger partial charge in [0.05, 0.1) is 25.4 Å². The van der Waals surface area contributed by atoms with E-state index in [0.717, 1.165) is 43.4 Å². The predicted molar refractivity (Wildman–Crippen MR) is 71.5 cm³/mol. The van der Waals surface area contributed by atoms with Crippen molar-refractivity contribution in [3.05, 3.63) is 23.5 Å². The van der Waals surface area contributed by atoms with Crippen LogP contribution in [0.1, 0.15) is 25.7 Å². The van der Waals surface area contributed by atoms with Crippen LogP contribution >= 0.6 is 0 Å². The topological polar surface area (TPSA) is 68.2 Å². The Morgan fingerprint density at radius 2 is 2.05 bits per heavy atom. The molecule has 0 bridgehead atoms. The van der Waals surface area contributed by atoms with Crippen LogP contribution in [0, 0.1) is 11.8 Å². The molecule has 2 aliphatic heterocycles. The molecule has 0 amide bonds. The molecule has 112 valence electrons. The molecule has 3 rings (SSSR count). The van der Waals surface area contributed by atoms with Crippen LogP contribution in [0.4, 0.5) is 0 Å². The second-order valence-corrected chi connectivity index (χ2v) is 5.59. The summed E-state index contributed by atoms with van der Waals surface area (Å²) in [6.07, 6.45) is 6.88. The Morgan fingerprint density at radius 3 is 2.75 bits per heavy atom. The molecule has 0 aromatic heterocycles. The van der Waals surface area contributed by atoms with E-state index in [1.807, 2.05) is 6.08 Å². The molecule has 4 atom stereocenters. The molecule has 0 aromatic carbocycles. The van der Waals surface area contributed by atoms with E-state index in [2.05, 4.69) is 0 Å². The maximum absolute atomic E-state index is 9.49. The first-order chi connectivity index (χ1) is 9.83. The fourth-order valence-corrected chi connectivity index (χ4v) is 3.30. The Morgan fingerprint density at radius 1 is 1.20 bits per heavy atom. The highest BCUT2D eigenvalue weighted by atomic mass is 16.8. The molecular weight excluding hydrogens is 260 g/mol. The second-order valence-electron chi connectivity index (χ2n) is 5.59. The van der Waals surface area contributed by atoms with Crippen LogP contribution in [0.25, 0.3) is 0 Å². The standard InChI is InChI=1S/C15H22O5/c16-7-10-4-5-12-11(8-17)9-19-15(14(10)12)20-13-3-1-2-6-18-13/h4,9,12-17H,1-3,5-8H2/t12?,13?,14-,15?/m1/s1. The summed E-state index contributed by atoms with van der Waals surface area (Å²) in [4.78, 5) is 0. The highest BCUT2D eigenvalue weighted by Crippen LogP contribution is 2.43. The molecule has 1 fully saturated rings. The van der Waals surface area contributed by atoms with Crippen LogP contribution in [0.5, 0.6) is 0 Å². The molecule has 3 aliphatic rings. The van der Waals surface area contributed by atoms with Gasteiger partial charge in [-0.1, -0.05) is 6.08 Å². The lowest BCUT2D eigenvalue weighted by atomic mass is 9.84. The first-order valence-corrected chi connectivity index (χ1v) is 7.35. The van der Waals surface area contributed by atoms with Gasteiger partial charge in [-0.3, -0.25) is 0 Å². The van der Waals surface area contributed by atoms with E-state index in [1.165, 1.54) is 0 Å². The third kappa shape index (κ3) is 2.63. The zero-order valence-corrected chi connectivity index (χ0v) is 11.5. The van der Waals surface area contributed by atoms with E-state index in [0.29, 0.717) is 0 Å². The number of rotatable bonds is 4. The van der Waals surface area contributed by atoms with Crippen LogP contribution < -0.4 is 0 Å². The number of hydrogen-bond acceptors (Lipinski definition) is 5. The monoisotopic (exact) mass is 282 g/mol. The Balaban J connectivity index is 1.72. The molecule has 5 nitrogen and oxygen atoms in total. The largest absolute Gasteiger partial charge is 0.472 e. The van der Waals surface area contributed by atoms with Crippen molar-refractivity contribution in [2.24, 2.45) is 11.8 Å². The normalized spacial score (nSPS) is 36.9. The summed E-state index contributed by atoms with van der Waals surface area (Å²) in [7, 11) is 0. The van der Waals surface area contributed by atoms with Gasteiger partial charge in [0.15, 0.2) is 6.29 Å². The lowest BCUT2D eigenvalue weighted by Gasteiger charge is -2.37. The van der Waals surface area contributed by atoms with Crippen molar-refractivity contribution in [1.29, 1.82) is 0 Å². The highest BCUT2D eigenvalue weighted by Gasteiger charge is 2.43. The molecule has 0 spiro atoms. The van der Waals surface area contributed by atoms with Gasteiger partial charge in [0.2, 0.25) is 6.29 Å². The number of allylic oxidation sites excluding steroid dienone is 1. The molecule has 2 heterocycles. The smallest absolute Gasteiger partial charge is 0.208 e. The van der Waals surface area contributed by atoms with Crippen molar-refractivity contribution in [3.8, 4) is 0 Å². The highest BCUT2D eigenvalue weighted by molar-refractivity contribution is 5.26. The van der Waals surface area contributed by atoms with Crippen molar-refractivity contribution >= 4 is 0 Å². The fourth-order valence-electron chi connectivity index (χ4n) is 3.30. The summed E-state index contributed by atoms with van der Waals surface area (Å²) in [6.45, 7) is 0.723. The summed E-state index contributed by atoms with van der Waals surface area (Å²) >= 11 is 0. The quantitative estimate of drug-likeness (QED) is 0.761. The first-order valence-electron chi connectivity index (χ1n) is 7.35. The van der Waals surface area contributed by atoms with Gasteiger partial charge in [0, 0.05) is 12.5 Å².